The first kappa shape index (κ1) is 17.4. The molecule has 6 heteroatoms. The van der Waals surface area contributed by atoms with Gasteiger partial charge in [0.05, 0.1) is 11.5 Å². The second kappa shape index (κ2) is 7.10. The van der Waals surface area contributed by atoms with E-state index in [0.717, 1.165) is 9.87 Å². The molecule has 2 aromatic rings. The summed E-state index contributed by atoms with van der Waals surface area (Å²) < 4.78 is 45.5. The Bertz CT molecular complexity index is 790. The highest BCUT2D eigenvalue weighted by Crippen LogP contribution is 2.24. The normalized spacial score (nSPS) is 11.7. The van der Waals surface area contributed by atoms with Gasteiger partial charge in [-0.3, -0.25) is 0 Å². The summed E-state index contributed by atoms with van der Waals surface area (Å²) in [5.41, 5.74) is 1.08. The van der Waals surface area contributed by atoms with Crippen LogP contribution in [-0.2, 0) is 16.6 Å². The highest BCUT2D eigenvalue weighted by Gasteiger charge is 2.22. The van der Waals surface area contributed by atoms with Gasteiger partial charge in [0, 0.05) is 19.2 Å². The van der Waals surface area contributed by atoms with Crippen LogP contribution in [0.3, 0.4) is 0 Å². The number of sulfonamides is 1. The van der Waals surface area contributed by atoms with Gasteiger partial charge in [-0.25, -0.2) is 12.8 Å². The molecule has 0 unspecified atom stereocenters. The van der Waals surface area contributed by atoms with Gasteiger partial charge in [-0.05, 0) is 43.7 Å². The van der Waals surface area contributed by atoms with E-state index >= 15 is 0 Å². The number of rotatable bonds is 6. The number of aryl methyl sites for hydroxylation is 1. The van der Waals surface area contributed by atoms with E-state index in [2.05, 4.69) is 0 Å². The fraction of sp³-hybridized carbons (Fsp3) is 0.294. The van der Waals surface area contributed by atoms with Crippen LogP contribution < -0.4 is 4.74 Å². The second-order valence-electron chi connectivity index (χ2n) is 5.21. The van der Waals surface area contributed by atoms with Gasteiger partial charge in [0.25, 0.3) is 0 Å². The largest absolute Gasteiger partial charge is 0.494 e. The summed E-state index contributed by atoms with van der Waals surface area (Å²) in [4.78, 5) is 0.164. The monoisotopic (exact) mass is 337 g/mol. The van der Waals surface area contributed by atoms with Crippen molar-refractivity contribution in [2.75, 3.05) is 13.7 Å². The van der Waals surface area contributed by atoms with Gasteiger partial charge in [0.15, 0.2) is 0 Å². The summed E-state index contributed by atoms with van der Waals surface area (Å²) >= 11 is 0. The third-order valence-electron chi connectivity index (χ3n) is 3.51. The molecule has 0 bridgehead atoms. The zero-order valence-electron chi connectivity index (χ0n) is 13.4. The Morgan fingerprint density at radius 1 is 1.17 bits per heavy atom. The molecule has 4 nitrogen and oxygen atoms in total. The lowest BCUT2D eigenvalue weighted by Crippen LogP contribution is -2.27. The highest BCUT2D eigenvalue weighted by atomic mass is 32.2. The minimum Gasteiger partial charge on any atom is -0.494 e. The maximum atomic E-state index is 13.7. The lowest BCUT2D eigenvalue weighted by molar-refractivity contribution is 0.337. The van der Waals surface area contributed by atoms with Gasteiger partial charge in [0.2, 0.25) is 10.0 Å². The third-order valence-corrected chi connectivity index (χ3v) is 5.30. The zero-order chi connectivity index (χ0) is 17.0. The van der Waals surface area contributed by atoms with Crippen molar-refractivity contribution in [1.82, 2.24) is 4.31 Å². The minimum absolute atomic E-state index is 0.0265. The van der Waals surface area contributed by atoms with Crippen LogP contribution in [0.1, 0.15) is 18.1 Å². The van der Waals surface area contributed by atoms with Crippen molar-refractivity contribution in [3.8, 4) is 5.75 Å². The van der Waals surface area contributed by atoms with Crippen molar-refractivity contribution in [3.05, 3.63) is 59.4 Å². The first-order chi connectivity index (χ1) is 10.9. The number of nitrogens with zero attached hydrogens (tertiary/aromatic N) is 1. The molecule has 0 saturated heterocycles. The zero-order valence-corrected chi connectivity index (χ0v) is 14.2. The Balaban J connectivity index is 2.27. The number of ether oxygens (including phenoxy) is 1. The molecule has 0 aliphatic heterocycles. The quantitative estimate of drug-likeness (QED) is 0.812. The van der Waals surface area contributed by atoms with Crippen LogP contribution in [0.5, 0.6) is 5.75 Å². The number of hydrogen-bond donors (Lipinski definition) is 0. The number of benzene rings is 2. The van der Waals surface area contributed by atoms with Crippen LogP contribution in [0.25, 0.3) is 0 Å². The maximum absolute atomic E-state index is 13.7. The Morgan fingerprint density at radius 3 is 2.48 bits per heavy atom. The first-order valence-electron chi connectivity index (χ1n) is 7.29. The first-order valence-corrected chi connectivity index (χ1v) is 8.73. The van der Waals surface area contributed by atoms with Gasteiger partial charge in [-0.1, -0.05) is 18.2 Å². The average molecular weight is 337 g/mol. The molecule has 0 aromatic heterocycles. The Morgan fingerprint density at radius 2 is 1.87 bits per heavy atom. The molecule has 0 N–H and O–H groups in total. The van der Waals surface area contributed by atoms with Gasteiger partial charge < -0.3 is 4.74 Å². The summed E-state index contributed by atoms with van der Waals surface area (Å²) in [6, 6.07) is 10.9. The molecule has 0 saturated carbocycles. The predicted octanol–water partition coefficient (Wildman–Crippen LogP) is 3.35. The molecule has 0 atom stereocenters. The smallest absolute Gasteiger partial charge is 0.243 e. The molecule has 23 heavy (non-hydrogen) atoms. The van der Waals surface area contributed by atoms with E-state index in [1.807, 2.05) is 6.92 Å². The fourth-order valence-corrected chi connectivity index (χ4v) is 3.47. The molecule has 2 aromatic carbocycles. The summed E-state index contributed by atoms with van der Waals surface area (Å²) in [6.45, 7) is 4.15. The topological polar surface area (TPSA) is 46.6 Å². The van der Waals surface area contributed by atoms with Crippen molar-refractivity contribution in [1.29, 1.82) is 0 Å². The Labute approximate surface area is 136 Å². The molecule has 2 rings (SSSR count). The molecule has 124 valence electrons. The summed E-state index contributed by atoms with van der Waals surface area (Å²) in [5.74, 6) is 0.237. The maximum Gasteiger partial charge on any atom is 0.243 e. The third kappa shape index (κ3) is 3.89. The Kier molecular flexibility index (Phi) is 5.38. The van der Waals surface area contributed by atoms with Gasteiger partial charge >= 0.3 is 0 Å². The molecule has 0 amide bonds. The number of halogens is 1. The standard InChI is InChI=1S/C17H20FNO3S/c1-4-22-17-10-9-15(11-13(17)2)23(20,21)19(3)12-14-7-5-6-8-16(14)18/h5-11H,4,12H2,1-3H3. The van der Waals surface area contributed by atoms with E-state index < -0.39 is 15.8 Å². The van der Waals surface area contributed by atoms with Crippen molar-refractivity contribution in [2.45, 2.75) is 25.3 Å². The van der Waals surface area contributed by atoms with Crippen molar-refractivity contribution < 1.29 is 17.5 Å². The van der Waals surface area contributed by atoms with Crippen molar-refractivity contribution in [3.63, 3.8) is 0 Å². The SMILES string of the molecule is CCOc1ccc(S(=O)(=O)N(C)Cc2ccccc2F)cc1C. The van der Waals surface area contributed by atoms with E-state index in [9.17, 15) is 12.8 Å². The van der Waals surface area contributed by atoms with Crippen LogP contribution in [0.2, 0.25) is 0 Å². The van der Waals surface area contributed by atoms with Gasteiger partial charge in [-0.15, -0.1) is 0 Å². The van der Waals surface area contributed by atoms with Gasteiger partial charge in [-0.2, -0.15) is 4.31 Å². The van der Waals surface area contributed by atoms with Crippen LogP contribution in [0.15, 0.2) is 47.4 Å². The minimum atomic E-state index is -3.70. The van der Waals surface area contributed by atoms with E-state index in [0.29, 0.717) is 17.9 Å². The fourth-order valence-electron chi connectivity index (χ4n) is 2.23. The Hall–Kier alpha value is -1.92. The van der Waals surface area contributed by atoms with Crippen LogP contribution in [0.4, 0.5) is 4.39 Å². The summed E-state index contributed by atoms with van der Waals surface area (Å²) in [5, 5.41) is 0. The molecule has 0 spiro atoms. The molecule has 0 aliphatic rings. The molecule has 0 heterocycles. The van der Waals surface area contributed by atoms with Crippen LogP contribution in [0, 0.1) is 12.7 Å². The van der Waals surface area contributed by atoms with Crippen LogP contribution >= 0.6 is 0 Å². The van der Waals surface area contributed by atoms with E-state index in [1.54, 1.807) is 37.3 Å². The average Bonchev–Trinajstić information content (AvgIpc) is 2.51. The van der Waals surface area contributed by atoms with Crippen molar-refractivity contribution >= 4 is 10.0 Å². The lowest BCUT2D eigenvalue weighted by atomic mass is 10.2. The van der Waals surface area contributed by atoms with E-state index in [-0.39, 0.29) is 11.4 Å². The summed E-state index contributed by atoms with van der Waals surface area (Å²) in [7, 11) is -2.26. The van der Waals surface area contributed by atoms with Crippen molar-refractivity contribution in [2.24, 2.45) is 0 Å². The van der Waals surface area contributed by atoms with Crippen LogP contribution in [-0.4, -0.2) is 26.4 Å². The second-order valence-corrected chi connectivity index (χ2v) is 7.26. The van der Waals surface area contributed by atoms with Gasteiger partial charge in [0.1, 0.15) is 11.6 Å². The lowest BCUT2D eigenvalue weighted by Gasteiger charge is -2.18. The van der Waals surface area contributed by atoms with E-state index in [4.69, 9.17) is 4.74 Å². The number of hydrogen-bond acceptors (Lipinski definition) is 3. The van der Waals surface area contributed by atoms with E-state index in [1.165, 1.54) is 19.2 Å². The predicted molar refractivity (Wildman–Crippen MR) is 87.4 cm³/mol. The molecular formula is C17H20FNO3S. The highest BCUT2D eigenvalue weighted by molar-refractivity contribution is 7.89. The summed E-state index contributed by atoms with van der Waals surface area (Å²) in [6.07, 6.45) is 0. The molecule has 0 fully saturated rings. The molecule has 0 aliphatic carbocycles. The molecule has 0 radical (unpaired) electrons. The molecular weight excluding hydrogens is 317 g/mol.